The summed E-state index contributed by atoms with van der Waals surface area (Å²) in [6.45, 7) is 13.8. The van der Waals surface area contributed by atoms with Crippen molar-refractivity contribution in [2.45, 2.75) is 330 Å². The van der Waals surface area contributed by atoms with E-state index in [1.165, 1.54) is 205 Å². The van der Waals surface area contributed by atoms with Gasteiger partial charge in [-0.3, -0.25) is 14.4 Å². The molecule has 0 spiro atoms. The molecule has 0 aliphatic carbocycles. The monoisotopic (exact) mass is 919 g/mol. The first kappa shape index (κ1) is 63.4. The van der Waals surface area contributed by atoms with Gasteiger partial charge in [-0.15, -0.1) is 0 Å². The molecule has 0 amide bonds. The molecular weight excluding hydrogens is 805 g/mol. The van der Waals surface area contributed by atoms with Crippen molar-refractivity contribution >= 4 is 17.9 Å². The lowest BCUT2D eigenvalue weighted by Gasteiger charge is -2.18. The van der Waals surface area contributed by atoms with Crippen molar-refractivity contribution in [1.82, 2.24) is 0 Å². The Labute approximate surface area is 406 Å². The predicted molar refractivity (Wildman–Crippen MR) is 279 cm³/mol. The molecule has 0 fully saturated rings. The molecule has 0 aliphatic heterocycles. The van der Waals surface area contributed by atoms with Crippen LogP contribution < -0.4 is 0 Å². The van der Waals surface area contributed by atoms with Gasteiger partial charge >= 0.3 is 17.9 Å². The first-order chi connectivity index (χ1) is 31.6. The SMILES string of the molecule is CC(C)CCCCCCCCCCCCCCCCCCC(=O)OC[C@H](COC(=O)CCCCCCCCCCCCC(C)C)OC(=O)CCCCCCCCCCCCCCC(C)C. The van der Waals surface area contributed by atoms with E-state index in [-0.39, 0.29) is 31.1 Å². The second-order valence-corrected chi connectivity index (χ2v) is 21.7. The van der Waals surface area contributed by atoms with E-state index in [9.17, 15) is 14.4 Å². The van der Waals surface area contributed by atoms with Crippen molar-refractivity contribution < 1.29 is 28.6 Å². The second kappa shape index (κ2) is 50.3. The maximum atomic E-state index is 12.8. The molecule has 0 saturated heterocycles. The molecule has 0 aromatic heterocycles. The van der Waals surface area contributed by atoms with Crippen molar-refractivity contribution in [3.8, 4) is 0 Å². The summed E-state index contributed by atoms with van der Waals surface area (Å²) in [4.78, 5) is 38.1. The first-order valence-electron chi connectivity index (χ1n) is 29.1. The first-order valence-corrected chi connectivity index (χ1v) is 29.1. The zero-order valence-electron chi connectivity index (χ0n) is 44.8. The van der Waals surface area contributed by atoms with Gasteiger partial charge in [-0.25, -0.2) is 0 Å². The van der Waals surface area contributed by atoms with E-state index in [4.69, 9.17) is 14.2 Å². The van der Waals surface area contributed by atoms with E-state index in [2.05, 4.69) is 41.5 Å². The maximum Gasteiger partial charge on any atom is 0.306 e. The normalized spacial score (nSPS) is 12.1. The Hall–Kier alpha value is -1.59. The van der Waals surface area contributed by atoms with Crippen molar-refractivity contribution in [3.63, 3.8) is 0 Å². The average molecular weight is 920 g/mol. The number of rotatable bonds is 52. The summed E-state index contributed by atoms with van der Waals surface area (Å²) in [6, 6.07) is 0. The summed E-state index contributed by atoms with van der Waals surface area (Å²) < 4.78 is 16.9. The summed E-state index contributed by atoms with van der Waals surface area (Å²) >= 11 is 0. The van der Waals surface area contributed by atoms with Crippen LogP contribution in [0, 0.1) is 17.8 Å². The predicted octanol–water partition coefficient (Wildman–Crippen LogP) is 19.1. The van der Waals surface area contributed by atoms with Crippen LogP contribution in [0.15, 0.2) is 0 Å². The van der Waals surface area contributed by atoms with Crippen LogP contribution >= 0.6 is 0 Å². The summed E-state index contributed by atoms with van der Waals surface area (Å²) in [7, 11) is 0. The highest BCUT2D eigenvalue weighted by Gasteiger charge is 2.19. The lowest BCUT2D eigenvalue weighted by atomic mass is 10.0. The fourth-order valence-electron chi connectivity index (χ4n) is 9.00. The number of unbranched alkanes of at least 4 members (excludes halogenated alkanes) is 35. The summed E-state index contributed by atoms with van der Waals surface area (Å²) in [5.41, 5.74) is 0. The van der Waals surface area contributed by atoms with Gasteiger partial charge in [0.05, 0.1) is 0 Å². The quantitative estimate of drug-likeness (QED) is 0.0344. The van der Waals surface area contributed by atoms with Gasteiger partial charge in [-0.2, -0.15) is 0 Å². The summed E-state index contributed by atoms with van der Waals surface area (Å²) in [6.07, 6.45) is 52.4. The van der Waals surface area contributed by atoms with Gasteiger partial charge in [0.25, 0.3) is 0 Å². The molecule has 0 rings (SSSR count). The fourth-order valence-corrected chi connectivity index (χ4v) is 9.00. The van der Waals surface area contributed by atoms with Gasteiger partial charge in [0.2, 0.25) is 0 Å². The van der Waals surface area contributed by atoms with Gasteiger partial charge in [-0.1, -0.05) is 286 Å². The van der Waals surface area contributed by atoms with E-state index in [0.717, 1.165) is 75.5 Å². The molecule has 6 nitrogen and oxygen atoms in total. The van der Waals surface area contributed by atoms with Crippen LogP contribution in [0.4, 0.5) is 0 Å². The molecule has 0 aromatic rings. The molecule has 65 heavy (non-hydrogen) atoms. The van der Waals surface area contributed by atoms with Gasteiger partial charge < -0.3 is 14.2 Å². The van der Waals surface area contributed by atoms with Gasteiger partial charge in [-0.05, 0) is 37.0 Å². The van der Waals surface area contributed by atoms with Crippen LogP contribution in [-0.4, -0.2) is 37.2 Å². The Morgan fingerprint density at radius 1 is 0.262 bits per heavy atom. The third-order valence-electron chi connectivity index (χ3n) is 13.4. The van der Waals surface area contributed by atoms with E-state index in [0.29, 0.717) is 19.3 Å². The molecule has 0 heterocycles. The molecule has 0 aliphatic rings. The highest BCUT2D eigenvalue weighted by atomic mass is 16.6. The molecule has 0 bridgehead atoms. The van der Waals surface area contributed by atoms with Gasteiger partial charge in [0.15, 0.2) is 6.10 Å². The van der Waals surface area contributed by atoms with Crippen molar-refractivity contribution in [2.75, 3.05) is 13.2 Å². The molecule has 0 radical (unpaired) electrons. The van der Waals surface area contributed by atoms with Crippen LogP contribution in [0.5, 0.6) is 0 Å². The molecule has 0 N–H and O–H groups in total. The standard InChI is InChI=1S/C59H114O6/c1-53(2)45-39-33-27-21-15-11-9-7-8-10-12-17-24-30-36-42-48-57(60)63-51-56(52-64-58(61)49-43-37-31-25-20-19-23-29-35-41-47-55(5)6)65-59(62)50-44-38-32-26-18-14-13-16-22-28-34-40-46-54(3)4/h53-56H,7-52H2,1-6H3/t56-/m1/s1. The molecular formula is C59H114O6. The second-order valence-electron chi connectivity index (χ2n) is 21.7. The molecule has 0 unspecified atom stereocenters. The highest BCUT2D eigenvalue weighted by Crippen LogP contribution is 2.18. The average Bonchev–Trinajstić information content (AvgIpc) is 3.26. The van der Waals surface area contributed by atoms with Crippen LogP contribution in [0.1, 0.15) is 324 Å². The van der Waals surface area contributed by atoms with Crippen molar-refractivity contribution in [2.24, 2.45) is 17.8 Å². The van der Waals surface area contributed by atoms with E-state index in [1.807, 2.05) is 0 Å². The van der Waals surface area contributed by atoms with Crippen LogP contribution in [0.3, 0.4) is 0 Å². The lowest BCUT2D eigenvalue weighted by Crippen LogP contribution is -2.30. The van der Waals surface area contributed by atoms with E-state index in [1.54, 1.807) is 0 Å². The van der Waals surface area contributed by atoms with Crippen molar-refractivity contribution in [1.29, 1.82) is 0 Å². The van der Waals surface area contributed by atoms with Gasteiger partial charge in [0.1, 0.15) is 13.2 Å². The Balaban J connectivity index is 4.28. The molecule has 6 heteroatoms. The van der Waals surface area contributed by atoms with Crippen LogP contribution in [0.2, 0.25) is 0 Å². The fraction of sp³-hybridized carbons (Fsp3) is 0.949. The Bertz CT molecular complexity index is 1010. The summed E-state index contributed by atoms with van der Waals surface area (Å²) in [5, 5.41) is 0. The Morgan fingerprint density at radius 2 is 0.446 bits per heavy atom. The number of ether oxygens (including phenoxy) is 3. The maximum absolute atomic E-state index is 12.8. The summed E-state index contributed by atoms with van der Waals surface area (Å²) in [5.74, 6) is 1.66. The van der Waals surface area contributed by atoms with Crippen LogP contribution in [0.25, 0.3) is 0 Å². The minimum absolute atomic E-state index is 0.0635. The number of carbonyl (C=O) groups excluding carboxylic acids is 3. The minimum Gasteiger partial charge on any atom is -0.462 e. The number of carbonyl (C=O) groups is 3. The molecule has 0 aromatic carbocycles. The third-order valence-corrected chi connectivity index (χ3v) is 13.4. The van der Waals surface area contributed by atoms with E-state index >= 15 is 0 Å². The zero-order valence-corrected chi connectivity index (χ0v) is 44.8. The van der Waals surface area contributed by atoms with Gasteiger partial charge in [0, 0.05) is 19.3 Å². The van der Waals surface area contributed by atoms with Crippen molar-refractivity contribution in [3.05, 3.63) is 0 Å². The third kappa shape index (κ3) is 53.2. The highest BCUT2D eigenvalue weighted by molar-refractivity contribution is 5.71. The number of hydrogen-bond acceptors (Lipinski definition) is 6. The topological polar surface area (TPSA) is 78.9 Å². The minimum atomic E-state index is -0.764. The number of esters is 3. The lowest BCUT2D eigenvalue weighted by molar-refractivity contribution is -0.167. The molecule has 0 saturated carbocycles. The Morgan fingerprint density at radius 3 is 0.662 bits per heavy atom. The largest absolute Gasteiger partial charge is 0.462 e. The number of hydrogen-bond donors (Lipinski definition) is 0. The molecule has 386 valence electrons. The van der Waals surface area contributed by atoms with Crippen LogP contribution in [-0.2, 0) is 28.6 Å². The van der Waals surface area contributed by atoms with E-state index < -0.39 is 6.10 Å². The molecule has 1 atom stereocenters. The zero-order chi connectivity index (χ0) is 47.7. The smallest absolute Gasteiger partial charge is 0.306 e. The Kier molecular flexibility index (Phi) is 49.1.